The van der Waals surface area contributed by atoms with Crippen molar-refractivity contribution in [2.75, 3.05) is 18.8 Å². The molecule has 1 aliphatic rings. The molecule has 3 aromatic rings. The van der Waals surface area contributed by atoms with Crippen molar-refractivity contribution >= 4 is 17.4 Å². The number of hydrogen-bond donors (Lipinski definition) is 1. The van der Waals surface area contributed by atoms with E-state index in [4.69, 9.17) is 5.73 Å². The number of fused-ring (bicyclic) bond motifs is 1. The lowest BCUT2D eigenvalue weighted by molar-refractivity contribution is 0.0667. The van der Waals surface area contributed by atoms with Crippen LogP contribution in [0, 0.1) is 12.8 Å². The Morgan fingerprint density at radius 3 is 2.96 bits per heavy atom. The molecule has 0 saturated carbocycles. The second-order valence-corrected chi connectivity index (χ2v) is 6.87. The highest BCUT2D eigenvalue weighted by Gasteiger charge is 2.27. The largest absolute Gasteiger partial charge is 0.382 e. The first-order valence-corrected chi connectivity index (χ1v) is 8.91. The lowest BCUT2D eigenvalue weighted by Gasteiger charge is -2.32. The molecule has 2 N–H and O–H groups in total. The van der Waals surface area contributed by atoms with Gasteiger partial charge in [0.1, 0.15) is 17.2 Å². The molecule has 1 saturated heterocycles. The van der Waals surface area contributed by atoms with Crippen molar-refractivity contribution in [1.29, 1.82) is 0 Å². The zero-order chi connectivity index (χ0) is 18.1. The van der Waals surface area contributed by atoms with Gasteiger partial charge in [-0.05, 0) is 44.2 Å². The summed E-state index contributed by atoms with van der Waals surface area (Å²) in [5.74, 6) is 0.808. The first kappa shape index (κ1) is 16.5. The fourth-order valence-corrected chi connectivity index (χ4v) is 3.64. The minimum absolute atomic E-state index is 0.00934. The van der Waals surface area contributed by atoms with Crippen molar-refractivity contribution in [3.05, 3.63) is 53.9 Å². The Hall–Kier alpha value is -2.96. The quantitative estimate of drug-likeness (QED) is 0.781. The van der Waals surface area contributed by atoms with E-state index in [1.54, 1.807) is 12.4 Å². The Balaban J connectivity index is 1.50. The molecule has 0 unspecified atom stereocenters. The maximum Gasteiger partial charge on any atom is 0.274 e. The van der Waals surface area contributed by atoms with Gasteiger partial charge in [0.15, 0.2) is 0 Å². The van der Waals surface area contributed by atoms with E-state index in [9.17, 15) is 4.79 Å². The van der Waals surface area contributed by atoms with Crippen molar-refractivity contribution in [2.24, 2.45) is 5.92 Å². The number of nitrogen functional groups attached to an aromatic ring is 1. The molecule has 0 radical (unpaired) electrons. The summed E-state index contributed by atoms with van der Waals surface area (Å²) in [6.45, 7) is 3.46. The Bertz CT molecular complexity index is 950. The summed E-state index contributed by atoms with van der Waals surface area (Å²) in [7, 11) is 0. The fraction of sp³-hybridized carbons (Fsp3) is 0.368. The number of aryl methyl sites for hydroxylation is 1. The van der Waals surface area contributed by atoms with Gasteiger partial charge in [0.25, 0.3) is 5.91 Å². The van der Waals surface area contributed by atoms with Crippen LogP contribution in [-0.4, -0.2) is 43.2 Å². The minimum Gasteiger partial charge on any atom is -0.382 e. The van der Waals surface area contributed by atoms with Crippen molar-refractivity contribution in [1.82, 2.24) is 24.3 Å². The summed E-state index contributed by atoms with van der Waals surface area (Å²) in [5, 5.41) is 0. The van der Waals surface area contributed by atoms with E-state index in [-0.39, 0.29) is 5.91 Å². The SMILES string of the molecule is Cc1cccc2nc(C(=O)N3CCC[C@H](Cc4nccnc4N)C3)cn12. The number of anilines is 1. The van der Waals surface area contributed by atoms with E-state index in [0.29, 0.717) is 24.0 Å². The highest BCUT2D eigenvalue weighted by Crippen LogP contribution is 2.23. The number of nitrogens with zero attached hydrogens (tertiary/aromatic N) is 5. The van der Waals surface area contributed by atoms with Gasteiger partial charge in [-0.2, -0.15) is 0 Å². The number of carbonyl (C=O) groups excluding carboxylic acids is 1. The molecule has 7 heteroatoms. The van der Waals surface area contributed by atoms with Crippen LogP contribution in [0.15, 0.2) is 36.8 Å². The first-order chi connectivity index (χ1) is 12.6. The van der Waals surface area contributed by atoms with Gasteiger partial charge >= 0.3 is 0 Å². The van der Waals surface area contributed by atoms with Crippen LogP contribution < -0.4 is 5.73 Å². The van der Waals surface area contributed by atoms with Gasteiger partial charge in [-0.25, -0.2) is 9.97 Å². The number of pyridine rings is 1. The molecular weight excluding hydrogens is 328 g/mol. The summed E-state index contributed by atoms with van der Waals surface area (Å²) in [6.07, 6.45) is 7.87. The lowest BCUT2D eigenvalue weighted by atomic mass is 9.93. The zero-order valence-electron chi connectivity index (χ0n) is 14.8. The van der Waals surface area contributed by atoms with Gasteiger partial charge in [0.2, 0.25) is 0 Å². The van der Waals surface area contributed by atoms with E-state index in [1.165, 1.54) is 0 Å². The highest BCUT2D eigenvalue weighted by molar-refractivity contribution is 5.93. The number of hydrogen-bond acceptors (Lipinski definition) is 5. The summed E-state index contributed by atoms with van der Waals surface area (Å²) < 4.78 is 1.95. The van der Waals surface area contributed by atoms with Crippen LogP contribution in [0.2, 0.25) is 0 Å². The van der Waals surface area contributed by atoms with Crippen molar-refractivity contribution in [3.63, 3.8) is 0 Å². The second-order valence-electron chi connectivity index (χ2n) is 6.87. The molecule has 0 spiro atoms. The van der Waals surface area contributed by atoms with Crippen LogP contribution in [-0.2, 0) is 6.42 Å². The first-order valence-electron chi connectivity index (χ1n) is 8.91. The summed E-state index contributed by atoms with van der Waals surface area (Å²) in [6, 6.07) is 5.87. The third-order valence-corrected chi connectivity index (χ3v) is 5.01. The molecule has 134 valence electrons. The molecule has 1 aliphatic heterocycles. The Labute approximate surface area is 151 Å². The number of aromatic nitrogens is 4. The van der Waals surface area contributed by atoms with Crippen LogP contribution in [0.1, 0.15) is 34.7 Å². The molecule has 4 rings (SSSR count). The van der Waals surface area contributed by atoms with Gasteiger partial charge < -0.3 is 15.0 Å². The highest BCUT2D eigenvalue weighted by atomic mass is 16.2. The molecule has 1 fully saturated rings. The number of likely N-dealkylation sites (tertiary alicyclic amines) is 1. The smallest absolute Gasteiger partial charge is 0.274 e. The second kappa shape index (κ2) is 6.74. The van der Waals surface area contributed by atoms with Gasteiger partial charge in [0.05, 0.1) is 5.69 Å². The Morgan fingerprint density at radius 1 is 1.31 bits per heavy atom. The monoisotopic (exact) mass is 350 g/mol. The van der Waals surface area contributed by atoms with Crippen molar-refractivity contribution in [2.45, 2.75) is 26.2 Å². The normalized spacial score (nSPS) is 17.6. The van der Waals surface area contributed by atoms with Crippen LogP contribution in [0.25, 0.3) is 5.65 Å². The molecule has 7 nitrogen and oxygen atoms in total. The number of carbonyl (C=O) groups is 1. The predicted molar refractivity (Wildman–Crippen MR) is 98.7 cm³/mol. The number of rotatable bonds is 3. The number of nitrogens with two attached hydrogens (primary N) is 1. The van der Waals surface area contributed by atoms with E-state index in [1.807, 2.05) is 40.6 Å². The summed E-state index contributed by atoms with van der Waals surface area (Å²) in [5.41, 5.74) is 9.09. The molecule has 0 aliphatic carbocycles. The van der Waals surface area contributed by atoms with Crippen LogP contribution in [0.5, 0.6) is 0 Å². The number of piperidine rings is 1. The Morgan fingerprint density at radius 2 is 2.15 bits per heavy atom. The third-order valence-electron chi connectivity index (χ3n) is 5.01. The van der Waals surface area contributed by atoms with Gasteiger partial charge in [-0.15, -0.1) is 0 Å². The van der Waals surface area contributed by atoms with E-state index in [0.717, 1.165) is 42.8 Å². The third kappa shape index (κ3) is 3.12. The number of amides is 1. The maximum atomic E-state index is 12.9. The van der Waals surface area contributed by atoms with Crippen molar-refractivity contribution in [3.8, 4) is 0 Å². The molecule has 1 amide bonds. The standard InChI is InChI=1S/C19H22N6O/c1-13-4-2-6-17-23-16(12-25(13)17)19(26)24-9-3-5-14(11-24)10-15-18(20)22-8-7-21-15/h2,4,6-8,12,14H,3,5,9-11H2,1H3,(H2,20,22)/t14-/m1/s1. The summed E-state index contributed by atoms with van der Waals surface area (Å²) >= 11 is 0. The molecule has 0 bridgehead atoms. The van der Waals surface area contributed by atoms with E-state index < -0.39 is 0 Å². The Kier molecular flexibility index (Phi) is 4.28. The van der Waals surface area contributed by atoms with Crippen LogP contribution in [0.4, 0.5) is 5.82 Å². The van der Waals surface area contributed by atoms with Crippen molar-refractivity contribution < 1.29 is 4.79 Å². The lowest BCUT2D eigenvalue weighted by Crippen LogP contribution is -2.40. The molecular formula is C19H22N6O. The van der Waals surface area contributed by atoms with Gasteiger partial charge in [0, 0.05) is 37.4 Å². The molecule has 3 aromatic heterocycles. The minimum atomic E-state index is -0.00934. The molecule has 1 atom stereocenters. The van der Waals surface area contributed by atoms with E-state index in [2.05, 4.69) is 15.0 Å². The van der Waals surface area contributed by atoms with Crippen LogP contribution in [0.3, 0.4) is 0 Å². The van der Waals surface area contributed by atoms with Crippen LogP contribution >= 0.6 is 0 Å². The maximum absolute atomic E-state index is 12.9. The van der Waals surface area contributed by atoms with Gasteiger partial charge in [-0.1, -0.05) is 6.07 Å². The van der Waals surface area contributed by atoms with Gasteiger partial charge in [-0.3, -0.25) is 9.78 Å². The molecule has 0 aromatic carbocycles. The average molecular weight is 350 g/mol. The topological polar surface area (TPSA) is 89.4 Å². The average Bonchev–Trinajstić information content (AvgIpc) is 3.09. The predicted octanol–water partition coefficient (Wildman–Crippen LogP) is 2.11. The molecule has 26 heavy (non-hydrogen) atoms. The zero-order valence-corrected chi connectivity index (χ0v) is 14.8. The summed E-state index contributed by atoms with van der Waals surface area (Å²) in [4.78, 5) is 27.8. The van der Waals surface area contributed by atoms with E-state index >= 15 is 0 Å². The number of imidazole rings is 1. The molecule has 4 heterocycles. The fourth-order valence-electron chi connectivity index (χ4n) is 3.64.